The first-order chi connectivity index (χ1) is 17.3. The minimum atomic E-state index is -0.317. The van der Waals surface area contributed by atoms with E-state index in [1.54, 1.807) is 25.3 Å². The van der Waals surface area contributed by atoms with E-state index in [2.05, 4.69) is 21.4 Å². The summed E-state index contributed by atoms with van der Waals surface area (Å²) in [4.78, 5) is 22.2. The quantitative estimate of drug-likeness (QED) is 0.354. The summed E-state index contributed by atoms with van der Waals surface area (Å²) in [6, 6.07) is 8.98. The van der Waals surface area contributed by atoms with Crippen LogP contribution < -0.4 is 16.5 Å². The first-order valence-corrected chi connectivity index (χ1v) is 12.1. The van der Waals surface area contributed by atoms with Crippen LogP contribution >= 0.6 is 11.6 Å². The zero-order chi connectivity index (χ0) is 25.8. The summed E-state index contributed by atoms with van der Waals surface area (Å²) in [5, 5.41) is 13.5. The molecule has 0 spiro atoms. The van der Waals surface area contributed by atoms with Crippen LogP contribution in [0.15, 0.2) is 44.7 Å². The minimum absolute atomic E-state index is 0.131. The Bertz CT molecular complexity index is 1450. The lowest BCUT2D eigenvalue weighted by atomic mass is 9.99. The van der Waals surface area contributed by atoms with Crippen molar-refractivity contribution < 1.29 is 9.15 Å². The third kappa shape index (κ3) is 5.27. The maximum atomic E-state index is 13.4. The summed E-state index contributed by atoms with van der Waals surface area (Å²) in [5.41, 5.74) is 9.66. The Morgan fingerprint density at radius 2 is 2.08 bits per heavy atom. The average molecular weight is 506 g/mol. The smallest absolute Gasteiger partial charge is 0.196 e. The summed E-state index contributed by atoms with van der Waals surface area (Å²) < 4.78 is 11.8. The molecule has 1 aliphatic rings. The molecule has 8 nitrogen and oxygen atoms in total. The highest BCUT2D eigenvalue weighted by molar-refractivity contribution is 6.29. The molecule has 1 unspecified atom stereocenters. The van der Waals surface area contributed by atoms with Gasteiger partial charge in [0.15, 0.2) is 11.1 Å². The zero-order valence-electron chi connectivity index (χ0n) is 20.5. The van der Waals surface area contributed by atoms with Crippen molar-refractivity contribution in [1.29, 1.82) is 5.26 Å². The lowest BCUT2D eigenvalue weighted by Gasteiger charge is -2.20. The normalized spacial score (nSPS) is 15.8. The fourth-order valence-corrected chi connectivity index (χ4v) is 4.46. The molecule has 0 bridgehead atoms. The number of aromatic nitrogens is 1. The number of aryl methyl sites for hydroxylation is 1. The fraction of sp³-hybridized carbons (Fsp3) is 0.333. The Morgan fingerprint density at radius 3 is 2.78 bits per heavy atom. The summed E-state index contributed by atoms with van der Waals surface area (Å²) >= 11 is 5.94. The second kappa shape index (κ2) is 10.9. The number of benzene rings is 1. The highest BCUT2D eigenvalue weighted by atomic mass is 35.5. The van der Waals surface area contributed by atoms with Crippen molar-refractivity contribution in [2.45, 2.75) is 45.7 Å². The van der Waals surface area contributed by atoms with Gasteiger partial charge in [0.05, 0.1) is 28.7 Å². The Morgan fingerprint density at radius 1 is 1.33 bits per heavy atom. The number of ether oxygens (including phenoxy) is 1. The minimum Gasteiger partial charge on any atom is -0.455 e. The van der Waals surface area contributed by atoms with E-state index < -0.39 is 0 Å². The number of fused-ring (bicyclic) bond motifs is 1. The number of nitriles is 1. The number of hydrogen-bond donors (Lipinski definition) is 2. The Kier molecular flexibility index (Phi) is 7.73. The second-order valence-electron chi connectivity index (χ2n) is 8.87. The zero-order valence-corrected chi connectivity index (χ0v) is 21.2. The van der Waals surface area contributed by atoms with Gasteiger partial charge in [-0.25, -0.2) is 4.98 Å². The van der Waals surface area contributed by atoms with Crippen molar-refractivity contribution in [3.63, 3.8) is 0 Å². The van der Waals surface area contributed by atoms with Crippen LogP contribution in [0.25, 0.3) is 16.5 Å². The van der Waals surface area contributed by atoms with Crippen LogP contribution in [-0.2, 0) is 4.74 Å². The maximum absolute atomic E-state index is 13.4. The number of rotatable bonds is 6. The van der Waals surface area contributed by atoms with E-state index in [1.165, 1.54) is 6.20 Å². The van der Waals surface area contributed by atoms with Crippen molar-refractivity contribution in [3.05, 3.63) is 74.0 Å². The van der Waals surface area contributed by atoms with Gasteiger partial charge in [-0.1, -0.05) is 17.7 Å². The number of nitrogens with two attached hydrogens (primary N) is 1. The molecule has 1 aliphatic heterocycles. The largest absolute Gasteiger partial charge is 0.455 e. The first kappa shape index (κ1) is 25.4. The molecule has 3 N–H and O–H groups in total. The van der Waals surface area contributed by atoms with E-state index >= 15 is 0 Å². The van der Waals surface area contributed by atoms with E-state index in [4.69, 9.17) is 26.5 Å². The van der Waals surface area contributed by atoms with Gasteiger partial charge < -0.3 is 20.2 Å². The van der Waals surface area contributed by atoms with Crippen LogP contribution in [0.2, 0.25) is 5.15 Å². The van der Waals surface area contributed by atoms with Crippen LogP contribution in [0.1, 0.15) is 54.0 Å². The number of anilines is 1. The van der Waals surface area contributed by atoms with Gasteiger partial charge in [-0.3, -0.25) is 9.79 Å². The molecular weight excluding hydrogens is 478 g/mol. The average Bonchev–Trinajstić information content (AvgIpc) is 2.88. The third-order valence-electron chi connectivity index (χ3n) is 6.25. The van der Waals surface area contributed by atoms with Crippen molar-refractivity contribution in [2.24, 2.45) is 10.7 Å². The highest BCUT2D eigenvalue weighted by Crippen LogP contribution is 2.31. The van der Waals surface area contributed by atoms with Gasteiger partial charge in [0.2, 0.25) is 0 Å². The fourth-order valence-electron chi connectivity index (χ4n) is 4.31. The molecule has 1 saturated heterocycles. The Labute approximate surface area is 214 Å². The van der Waals surface area contributed by atoms with Gasteiger partial charge >= 0.3 is 0 Å². The van der Waals surface area contributed by atoms with Crippen LogP contribution in [0, 0.1) is 25.2 Å². The molecule has 0 saturated carbocycles. The monoisotopic (exact) mass is 505 g/mol. The molecule has 2 aromatic heterocycles. The standard InChI is InChI=1S/C27H28ClN5O3/c1-15-10-20(17(3)32-22-4-5-24(28)33-23(22)13-30)27-21(11-15)25(34)16(2)26(36-27)18(12-29)14-31-19-6-8-35-9-7-19/h4-5,10-12,14,17,19,32H,6-9,29H2,1-3H3/b18-12+,31-14?. The van der Waals surface area contributed by atoms with Crippen LogP contribution in [0.3, 0.4) is 0 Å². The Hall–Kier alpha value is -3.67. The predicted molar refractivity (Wildman–Crippen MR) is 142 cm³/mol. The molecular formula is C27H28ClN5O3. The molecule has 186 valence electrons. The number of nitrogens with one attached hydrogen (secondary N) is 1. The lowest BCUT2D eigenvalue weighted by molar-refractivity contribution is 0.0872. The number of hydrogen-bond acceptors (Lipinski definition) is 8. The first-order valence-electron chi connectivity index (χ1n) is 11.8. The molecule has 0 radical (unpaired) electrons. The molecule has 1 atom stereocenters. The van der Waals surface area contributed by atoms with Crippen LogP contribution in [0.4, 0.5) is 5.69 Å². The van der Waals surface area contributed by atoms with Crippen molar-refractivity contribution in [2.75, 3.05) is 18.5 Å². The molecule has 1 fully saturated rings. The molecule has 9 heteroatoms. The van der Waals surface area contributed by atoms with Gasteiger partial charge in [-0.2, -0.15) is 5.26 Å². The number of halogens is 1. The molecule has 3 aromatic rings. The van der Waals surface area contributed by atoms with E-state index in [1.807, 2.05) is 26.0 Å². The van der Waals surface area contributed by atoms with E-state index in [0.717, 1.165) is 24.0 Å². The van der Waals surface area contributed by atoms with E-state index in [0.29, 0.717) is 46.8 Å². The third-order valence-corrected chi connectivity index (χ3v) is 6.47. The number of nitrogens with zero attached hydrogens (tertiary/aromatic N) is 3. The molecule has 4 rings (SSSR count). The maximum Gasteiger partial charge on any atom is 0.196 e. The second-order valence-corrected chi connectivity index (χ2v) is 9.26. The summed E-state index contributed by atoms with van der Waals surface area (Å²) in [5.74, 6) is 0.383. The SMILES string of the molecule is Cc1cc(C(C)Nc2ccc(Cl)nc2C#N)c2oc(/C(C=NC3CCOCC3)=C/N)c(C)c(=O)c2c1. The van der Waals surface area contributed by atoms with Gasteiger partial charge in [-0.05, 0) is 57.4 Å². The van der Waals surface area contributed by atoms with Gasteiger partial charge in [0.1, 0.15) is 22.6 Å². The van der Waals surface area contributed by atoms with E-state index in [9.17, 15) is 10.1 Å². The number of aliphatic imine (C=N–C) groups is 1. The topological polar surface area (TPSA) is 127 Å². The van der Waals surface area contributed by atoms with Gasteiger partial charge in [0, 0.05) is 36.8 Å². The Balaban J connectivity index is 1.78. The van der Waals surface area contributed by atoms with Crippen molar-refractivity contribution in [3.8, 4) is 6.07 Å². The van der Waals surface area contributed by atoms with Crippen LogP contribution in [-0.4, -0.2) is 30.5 Å². The van der Waals surface area contributed by atoms with Crippen molar-refractivity contribution >= 4 is 40.0 Å². The molecule has 0 aliphatic carbocycles. The van der Waals surface area contributed by atoms with E-state index in [-0.39, 0.29) is 28.4 Å². The van der Waals surface area contributed by atoms with Crippen LogP contribution in [0.5, 0.6) is 0 Å². The molecule has 3 heterocycles. The molecule has 0 amide bonds. The lowest BCUT2D eigenvalue weighted by Crippen LogP contribution is -2.19. The van der Waals surface area contributed by atoms with Gasteiger partial charge in [-0.15, -0.1) is 0 Å². The molecule has 36 heavy (non-hydrogen) atoms. The molecule has 1 aromatic carbocycles. The number of pyridine rings is 1. The number of allylic oxidation sites excluding steroid dienone is 1. The summed E-state index contributed by atoms with van der Waals surface area (Å²) in [6.07, 6.45) is 4.77. The summed E-state index contributed by atoms with van der Waals surface area (Å²) in [7, 11) is 0. The van der Waals surface area contributed by atoms with Crippen molar-refractivity contribution in [1.82, 2.24) is 4.98 Å². The predicted octanol–water partition coefficient (Wildman–Crippen LogP) is 5.05. The summed E-state index contributed by atoms with van der Waals surface area (Å²) in [6.45, 7) is 6.94. The van der Waals surface area contributed by atoms with Gasteiger partial charge in [0.25, 0.3) is 0 Å². The highest BCUT2D eigenvalue weighted by Gasteiger charge is 2.21.